The van der Waals surface area contributed by atoms with E-state index >= 15 is 0 Å². The average molecular weight is 331 g/mol. The van der Waals surface area contributed by atoms with Crippen LogP contribution in [0.2, 0.25) is 0 Å². The SMILES string of the molecule is CC(C)(C)S(=O)(=O)N1C[C@@H]2CC(=O)C(CCO)=C2[C@H]1CCO. The lowest BCUT2D eigenvalue weighted by molar-refractivity contribution is -0.115. The average Bonchev–Trinajstić information content (AvgIpc) is 2.88. The minimum Gasteiger partial charge on any atom is -0.396 e. The summed E-state index contributed by atoms with van der Waals surface area (Å²) in [6, 6.07) is -0.466. The number of Topliss-reactive ketones (excluding diaryl/α,β-unsaturated/α-hetero) is 1. The van der Waals surface area contributed by atoms with Gasteiger partial charge in [0.1, 0.15) is 0 Å². The van der Waals surface area contributed by atoms with Gasteiger partial charge < -0.3 is 10.2 Å². The van der Waals surface area contributed by atoms with Gasteiger partial charge in [0.2, 0.25) is 10.0 Å². The second-order valence-corrected chi connectivity index (χ2v) is 9.59. The van der Waals surface area contributed by atoms with Crippen LogP contribution in [-0.2, 0) is 14.8 Å². The molecule has 2 rings (SSSR count). The number of fused-ring (bicyclic) bond motifs is 1. The van der Waals surface area contributed by atoms with Crippen molar-refractivity contribution in [1.82, 2.24) is 4.31 Å². The Balaban J connectivity index is 2.47. The van der Waals surface area contributed by atoms with Gasteiger partial charge in [-0.1, -0.05) is 0 Å². The quantitative estimate of drug-likeness (QED) is 0.763. The number of aliphatic hydroxyl groups is 2. The van der Waals surface area contributed by atoms with Gasteiger partial charge in [0.05, 0.1) is 4.75 Å². The fraction of sp³-hybridized carbons (Fsp3) is 0.800. The molecule has 0 aromatic carbocycles. The Labute approximate surface area is 131 Å². The summed E-state index contributed by atoms with van der Waals surface area (Å²) < 4.78 is 26.1. The van der Waals surface area contributed by atoms with Crippen LogP contribution in [-0.4, -0.2) is 59.3 Å². The van der Waals surface area contributed by atoms with Crippen molar-refractivity contribution in [3.63, 3.8) is 0 Å². The molecule has 1 aliphatic heterocycles. The van der Waals surface area contributed by atoms with Crippen molar-refractivity contribution in [2.45, 2.75) is 50.8 Å². The number of nitrogens with zero attached hydrogens (tertiary/aromatic N) is 1. The maximum Gasteiger partial charge on any atom is 0.219 e. The third kappa shape index (κ3) is 2.75. The lowest BCUT2D eigenvalue weighted by Gasteiger charge is -2.31. The number of rotatable bonds is 5. The zero-order valence-corrected chi connectivity index (χ0v) is 14.2. The molecule has 0 aromatic heterocycles. The molecule has 1 aliphatic carbocycles. The van der Waals surface area contributed by atoms with Gasteiger partial charge in [-0.05, 0) is 44.8 Å². The van der Waals surface area contributed by atoms with Crippen LogP contribution >= 0.6 is 0 Å². The summed E-state index contributed by atoms with van der Waals surface area (Å²) in [6.45, 7) is 4.98. The third-order valence-corrected chi connectivity index (χ3v) is 7.08. The molecule has 2 aliphatic rings. The van der Waals surface area contributed by atoms with Crippen molar-refractivity contribution in [3.05, 3.63) is 11.1 Å². The van der Waals surface area contributed by atoms with Gasteiger partial charge in [0.15, 0.2) is 5.78 Å². The third-order valence-electron chi connectivity index (χ3n) is 4.51. The number of hydrogen-bond acceptors (Lipinski definition) is 5. The van der Waals surface area contributed by atoms with E-state index in [-0.39, 0.29) is 37.8 Å². The summed E-state index contributed by atoms with van der Waals surface area (Å²) >= 11 is 0. The maximum atomic E-state index is 12.8. The van der Waals surface area contributed by atoms with Crippen LogP contribution < -0.4 is 0 Å². The molecule has 22 heavy (non-hydrogen) atoms. The number of ketones is 1. The molecule has 0 unspecified atom stereocenters. The van der Waals surface area contributed by atoms with Crippen molar-refractivity contribution in [3.8, 4) is 0 Å². The highest BCUT2D eigenvalue weighted by Crippen LogP contribution is 2.44. The number of carbonyl (C=O) groups is 1. The normalized spacial score (nSPS) is 26.9. The van der Waals surface area contributed by atoms with Gasteiger partial charge in [-0.25, -0.2) is 8.42 Å². The van der Waals surface area contributed by atoms with Crippen molar-refractivity contribution >= 4 is 15.8 Å². The van der Waals surface area contributed by atoms with Crippen molar-refractivity contribution in [2.24, 2.45) is 5.92 Å². The Kier molecular flexibility index (Phi) is 4.82. The highest BCUT2D eigenvalue weighted by molar-refractivity contribution is 7.90. The topological polar surface area (TPSA) is 94.9 Å². The molecule has 0 spiro atoms. The van der Waals surface area contributed by atoms with Gasteiger partial charge in [-0.3, -0.25) is 4.79 Å². The molecular formula is C15H25NO5S. The first-order valence-electron chi connectivity index (χ1n) is 7.64. The van der Waals surface area contributed by atoms with Crippen LogP contribution in [0.3, 0.4) is 0 Å². The number of aliphatic hydroxyl groups excluding tert-OH is 2. The Morgan fingerprint density at radius 3 is 2.36 bits per heavy atom. The van der Waals surface area contributed by atoms with Crippen LogP contribution in [0.15, 0.2) is 11.1 Å². The molecule has 2 atom stereocenters. The Morgan fingerprint density at radius 1 is 1.23 bits per heavy atom. The van der Waals surface area contributed by atoms with Gasteiger partial charge in [-0.15, -0.1) is 0 Å². The summed E-state index contributed by atoms with van der Waals surface area (Å²) in [6.07, 6.45) is 0.849. The largest absolute Gasteiger partial charge is 0.396 e. The van der Waals surface area contributed by atoms with Crippen LogP contribution in [0.5, 0.6) is 0 Å². The lowest BCUT2D eigenvalue weighted by Crippen LogP contribution is -2.46. The zero-order chi connectivity index (χ0) is 16.7. The monoisotopic (exact) mass is 331 g/mol. The molecule has 6 nitrogen and oxygen atoms in total. The molecule has 0 radical (unpaired) electrons. The Bertz CT molecular complexity index is 588. The van der Waals surface area contributed by atoms with E-state index in [0.29, 0.717) is 18.5 Å². The summed E-state index contributed by atoms with van der Waals surface area (Å²) in [5, 5.41) is 18.5. The van der Waals surface area contributed by atoms with Crippen molar-refractivity contribution < 1.29 is 23.4 Å². The number of hydrogen-bond donors (Lipinski definition) is 2. The molecule has 2 N–H and O–H groups in total. The first-order chi connectivity index (χ1) is 10.1. The number of sulfonamides is 1. The highest BCUT2D eigenvalue weighted by Gasteiger charge is 2.50. The number of carbonyl (C=O) groups excluding carboxylic acids is 1. The van der Waals surface area contributed by atoms with Gasteiger partial charge in [0.25, 0.3) is 0 Å². The fourth-order valence-corrected chi connectivity index (χ4v) is 5.07. The Morgan fingerprint density at radius 2 is 1.86 bits per heavy atom. The Hall–Kier alpha value is -0.760. The molecule has 0 saturated carbocycles. The van der Waals surface area contributed by atoms with E-state index in [2.05, 4.69) is 0 Å². The first-order valence-corrected chi connectivity index (χ1v) is 9.08. The van der Waals surface area contributed by atoms with E-state index in [1.165, 1.54) is 4.31 Å². The fourth-order valence-electron chi connectivity index (χ4n) is 3.43. The second-order valence-electron chi connectivity index (χ2n) is 6.95. The standard InChI is InChI=1S/C15H25NO5S/c1-15(2,3)22(20,21)16-9-10-8-13(19)11(4-6-17)14(10)12(16)5-7-18/h10,12,17-18H,4-9H2,1-3H3/t10-,12+/m0/s1. The predicted molar refractivity (Wildman–Crippen MR) is 82.7 cm³/mol. The molecule has 0 amide bonds. The summed E-state index contributed by atoms with van der Waals surface area (Å²) in [5.74, 6) is -0.104. The minimum atomic E-state index is -3.53. The highest BCUT2D eigenvalue weighted by atomic mass is 32.2. The van der Waals surface area contributed by atoms with E-state index in [9.17, 15) is 18.3 Å². The molecule has 1 heterocycles. The van der Waals surface area contributed by atoms with E-state index in [4.69, 9.17) is 5.11 Å². The summed E-state index contributed by atoms with van der Waals surface area (Å²) in [4.78, 5) is 12.1. The molecule has 1 saturated heterocycles. The van der Waals surface area contributed by atoms with Gasteiger partial charge >= 0.3 is 0 Å². The summed E-state index contributed by atoms with van der Waals surface area (Å²) in [7, 11) is -3.53. The smallest absolute Gasteiger partial charge is 0.219 e. The van der Waals surface area contributed by atoms with Crippen LogP contribution in [0.25, 0.3) is 0 Å². The molecule has 126 valence electrons. The lowest BCUT2D eigenvalue weighted by atomic mass is 9.96. The van der Waals surface area contributed by atoms with Crippen molar-refractivity contribution in [1.29, 1.82) is 0 Å². The van der Waals surface area contributed by atoms with Gasteiger partial charge in [-0.2, -0.15) is 4.31 Å². The molecule has 1 fully saturated rings. The maximum absolute atomic E-state index is 12.8. The molecular weight excluding hydrogens is 306 g/mol. The minimum absolute atomic E-state index is 0.00444. The molecule has 7 heteroatoms. The van der Waals surface area contributed by atoms with E-state index < -0.39 is 20.8 Å². The zero-order valence-electron chi connectivity index (χ0n) is 13.4. The van der Waals surface area contributed by atoms with Crippen LogP contribution in [0.4, 0.5) is 0 Å². The van der Waals surface area contributed by atoms with Crippen molar-refractivity contribution in [2.75, 3.05) is 19.8 Å². The van der Waals surface area contributed by atoms with Crippen LogP contribution in [0.1, 0.15) is 40.0 Å². The van der Waals surface area contributed by atoms with Crippen LogP contribution in [0, 0.1) is 5.92 Å². The van der Waals surface area contributed by atoms with E-state index in [1.807, 2.05) is 0 Å². The van der Waals surface area contributed by atoms with Gasteiger partial charge in [0, 0.05) is 38.1 Å². The van der Waals surface area contributed by atoms with E-state index in [0.717, 1.165) is 5.57 Å². The second kappa shape index (κ2) is 6.03. The first kappa shape index (κ1) is 17.6. The molecule has 0 aromatic rings. The summed E-state index contributed by atoms with van der Waals surface area (Å²) in [5.41, 5.74) is 1.39. The molecule has 0 bridgehead atoms. The van der Waals surface area contributed by atoms with E-state index in [1.54, 1.807) is 20.8 Å². The predicted octanol–water partition coefficient (Wildman–Crippen LogP) is 0.449.